The Kier molecular flexibility index (Phi) is 8.23. The molecule has 2 rings (SSSR count). The highest BCUT2D eigenvalue weighted by Gasteiger charge is 2.06. The molecule has 2 aromatic carbocycles. The molecule has 144 valence electrons. The van der Waals surface area contributed by atoms with Crippen molar-refractivity contribution in [1.82, 2.24) is 10.6 Å². The van der Waals surface area contributed by atoms with Crippen LogP contribution in [0.4, 0.5) is 4.79 Å². The van der Waals surface area contributed by atoms with Gasteiger partial charge in [0.1, 0.15) is 0 Å². The molecule has 0 saturated heterocycles. The minimum absolute atomic E-state index is 0.226. The predicted molar refractivity (Wildman–Crippen MR) is 109 cm³/mol. The highest BCUT2D eigenvalue weighted by atomic mass is 16.5. The quantitative estimate of drug-likeness (QED) is 0.693. The maximum absolute atomic E-state index is 11.9. The van der Waals surface area contributed by atoms with Crippen LogP contribution in [0.25, 0.3) is 6.08 Å². The van der Waals surface area contributed by atoms with E-state index in [0.717, 1.165) is 28.2 Å². The lowest BCUT2D eigenvalue weighted by molar-refractivity contribution is 0.244. The van der Waals surface area contributed by atoms with Crippen molar-refractivity contribution < 1.29 is 14.3 Å². The topological polar surface area (TPSA) is 59.6 Å². The molecule has 0 heterocycles. The van der Waals surface area contributed by atoms with Crippen LogP contribution in [0, 0.1) is 6.92 Å². The van der Waals surface area contributed by atoms with Crippen molar-refractivity contribution in [3.63, 3.8) is 0 Å². The largest absolute Gasteiger partial charge is 0.490 e. The van der Waals surface area contributed by atoms with Gasteiger partial charge in [0.05, 0.1) is 13.2 Å². The van der Waals surface area contributed by atoms with Gasteiger partial charge in [0.15, 0.2) is 11.5 Å². The van der Waals surface area contributed by atoms with Gasteiger partial charge in [0.25, 0.3) is 0 Å². The number of amides is 2. The first-order valence-electron chi connectivity index (χ1n) is 9.29. The number of carbonyl (C=O) groups is 1. The molecule has 0 radical (unpaired) electrons. The first kappa shape index (κ1) is 20.4. The van der Waals surface area contributed by atoms with E-state index in [4.69, 9.17) is 9.47 Å². The van der Waals surface area contributed by atoms with Gasteiger partial charge in [-0.3, -0.25) is 0 Å². The molecule has 0 aliphatic carbocycles. The molecule has 5 heteroatoms. The Hall–Kier alpha value is -2.95. The average Bonchev–Trinajstić information content (AvgIpc) is 2.66. The Morgan fingerprint density at radius 2 is 1.78 bits per heavy atom. The molecule has 0 atom stereocenters. The van der Waals surface area contributed by atoms with Gasteiger partial charge >= 0.3 is 6.03 Å². The monoisotopic (exact) mass is 368 g/mol. The molecule has 0 aliphatic rings. The van der Waals surface area contributed by atoms with Crippen LogP contribution in [-0.4, -0.2) is 25.8 Å². The SMILES string of the molecule is CCOc1ccc(CCNC(=O)N/C=C/c2ccccc2C)cc1OCC. The van der Waals surface area contributed by atoms with Crippen molar-refractivity contribution in [1.29, 1.82) is 0 Å². The lowest BCUT2D eigenvalue weighted by Gasteiger charge is -2.12. The zero-order valence-corrected chi connectivity index (χ0v) is 16.2. The van der Waals surface area contributed by atoms with Crippen LogP contribution in [0.1, 0.15) is 30.5 Å². The molecule has 2 N–H and O–H groups in total. The van der Waals surface area contributed by atoms with Gasteiger partial charge in [0, 0.05) is 12.7 Å². The molecule has 0 fully saturated rings. The summed E-state index contributed by atoms with van der Waals surface area (Å²) in [4.78, 5) is 11.9. The van der Waals surface area contributed by atoms with Crippen LogP contribution >= 0.6 is 0 Å². The van der Waals surface area contributed by atoms with E-state index in [1.165, 1.54) is 0 Å². The van der Waals surface area contributed by atoms with Crippen LogP contribution in [-0.2, 0) is 6.42 Å². The van der Waals surface area contributed by atoms with Crippen molar-refractivity contribution in [2.45, 2.75) is 27.2 Å². The number of benzene rings is 2. The molecule has 2 aromatic rings. The van der Waals surface area contributed by atoms with Crippen LogP contribution in [0.2, 0.25) is 0 Å². The van der Waals surface area contributed by atoms with E-state index < -0.39 is 0 Å². The molecule has 27 heavy (non-hydrogen) atoms. The molecule has 0 aromatic heterocycles. The fourth-order valence-electron chi connectivity index (χ4n) is 2.60. The first-order valence-corrected chi connectivity index (χ1v) is 9.29. The summed E-state index contributed by atoms with van der Waals surface area (Å²) in [5.41, 5.74) is 3.32. The number of hydrogen-bond acceptors (Lipinski definition) is 3. The molecule has 0 saturated carbocycles. The number of ether oxygens (including phenoxy) is 2. The van der Waals surface area contributed by atoms with Gasteiger partial charge < -0.3 is 20.1 Å². The Balaban J connectivity index is 1.80. The summed E-state index contributed by atoms with van der Waals surface area (Å²) in [5.74, 6) is 1.48. The summed E-state index contributed by atoms with van der Waals surface area (Å²) in [7, 11) is 0. The van der Waals surface area contributed by atoms with E-state index in [2.05, 4.69) is 10.6 Å². The number of aryl methyl sites for hydroxylation is 1. The standard InChI is InChI=1S/C22H28N2O3/c1-4-26-20-11-10-18(16-21(20)27-5-2)12-14-23-22(25)24-15-13-19-9-7-6-8-17(19)3/h6-11,13,15-16H,4-5,12,14H2,1-3H3,(H2,23,24,25)/b15-13+. The molecular formula is C22H28N2O3. The van der Waals surface area contributed by atoms with Gasteiger partial charge in [-0.1, -0.05) is 30.3 Å². The number of nitrogens with one attached hydrogen (secondary N) is 2. The third kappa shape index (κ3) is 6.70. The predicted octanol–water partition coefficient (Wildman–Crippen LogP) is 4.31. The summed E-state index contributed by atoms with van der Waals surface area (Å²) in [6.45, 7) is 7.63. The van der Waals surface area contributed by atoms with Crippen LogP contribution in [0.5, 0.6) is 11.5 Å². The van der Waals surface area contributed by atoms with Crippen LogP contribution < -0.4 is 20.1 Å². The smallest absolute Gasteiger partial charge is 0.318 e. The van der Waals surface area contributed by atoms with Crippen molar-refractivity contribution in [2.75, 3.05) is 19.8 Å². The number of hydrogen-bond donors (Lipinski definition) is 2. The van der Waals surface area contributed by atoms with Crippen molar-refractivity contribution in [3.05, 3.63) is 65.4 Å². The summed E-state index contributed by atoms with van der Waals surface area (Å²) in [5, 5.41) is 5.58. The lowest BCUT2D eigenvalue weighted by Crippen LogP contribution is -2.33. The van der Waals surface area contributed by atoms with Gasteiger partial charge in [-0.2, -0.15) is 0 Å². The van der Waals surface area contributed by atoms with Gasteiger partial charge in [-0.15, -0.1) is 0 Å². The lowest BCUT2D eigenvalue weighted by atomic mass is 10.1. The van der Waals surface area contributed by atoms with Gasteiger partial charge in [0.2, 0.25) is 0 Å². The van der Waals surface area contributed by atoms with Crippen LogP contribution in [0.3, 0.4) is 0 Å². The highest BCUT2D eigenvalue weighted by molar-refractivity contribution is 5.76. The first-order chi connectivity index (χ1) is 13.1. The number of rotatable bonds is 9. The van der Waals surface area contributed by atoms with Crippen LogP contribution in [0.15, 0.2) is 48.7 Å². The summed E-state index contributed by atoms with van der Waals surface area (Å²) >= 11 is 0. The molecule has 2 amide bonds. The van der Waals surface area contributed by atoms with E-state index in [9.17, 15) is 4.79 Å². The van der Waals surface area contributed by atoms with Crippen molar-refractivity contribution in [2.24, 2.45) is 0 Å². The summed E-state index contributed by atoms with van der Waals surface area (Å²) < 4.78 is 11.2. The Morgan fingerprint density at radius 1 is 1.04 bits per heavy atom. The molecule has 0 aliphatic heterocycles. The van der Waals surface area contributed by atoms with E-state index in [-0.39, 0.29) is 6.03 Å². The zero-order valence-electron chi connectivity index (χ0n) is 16.2. The number of carbonyl (C=O) groups excluding carboxylic acids is 1. The maximum atomic E-state index is 11.9. The van der Waals surface area contributed by atoms with Crippen molar-refractivity contribution >= 4 is 12.1 Å². The highest BCUT2D eigenvalue weighted by Crippen LogP contribution is 2.28. The minimum Gasteiger partial charge on any atom is -0.490 e. The summed E-state index contributed by atoms with van der Waals surface area (Å²) in [6, 6.07) is 13.6. The zero-order chi connectivity index (χ0) is 19.5. The fourth-order valence-corrected chi connectivity index (χ4v) is 2.60. The maximum Gasteiger partial charge on any atom is 0.318 e. The van der Waals surface area contributed by atoms with E-state index >= 15 is 0 Å². The Bertz CT molecular complexity index is 772. The van der Waals surface area contributed by atoms with Crippen molar-refractivity contribution in [3.8, 4) is 11.5 Å². The van der Waals surface area contributed by atoms with E-state index in [1.807, 2.05) is 69.3 Å². The molecule has 0 spiro atoms. The molecule has 0 bridgehead atoms. The second kappa shape index (κ2) is 10.9. The van der Waals surface area contributed by atoms with Gasteiger partial charge in [-0.25, -0.2) is 4.79 Å². The van der Waals surface area contributed by atoms with Gasteiger partial charge in [-0.05, 0) is 62.1 Å². The normalized spacial score (nSPS) is 10.6. The second-order valence-electron chi connectivity index (χ2n) is 5.99. The third-order valence-electron chi connectivity index (χ3n) is 3.97. The second-order valence-corrected chi connectivity index (χ2v) is 5.99. The Labute approximate surface area is 161 Å². The van der Waals surface area contributed by atoms with E-state index in [0.29, 0.717) is 26.2 Å². The molecule has 5 nitrogen and oxygen atoms in total. The minimum atomic E-state index is -0.226. The molecular weight excluding hydrogens is 340 g/mol. The third-order valence-corrected chi connectivity index (χ3v) is 3.97. The average molecular weight is 368 g/mol. The van der Waals surface area contributed by atoms with E-state index in [1.54, 1.807) is 6.20 Å². The number of urea groups is 1. The summed E-state index contributed by atoms with van der Waals surface area (Å²) in [6.07, 6.45) is 4.25. The fraction of sp³-hybridized carbons (Fsp3) is 0.318. The Morgan fingerprint density at radius 3 is 2.52 bits per heavy atom. The molecule has 0 unspecified atom stereocenters.